The Morgan fingerprint density at radius 1 is 0.500 bits per heavy atom. The Balaban J connectivity index is 1.36. The van der Waals surface area contributed by atoms with Crippen molar-refractivity contribution in [1.82, 2.24) is 14.6 Å². The molecule has 0 saturated carbocycles. The fourth-order valence-electron chi connectivity index (χ4n) is 6.03. The molecule has 0 radical (unpaired) electrons. The summed E-state index contributed by atoms with van der Waals surface area (Å²) in [5.41, 5.74) is 10.4. The van der Waals surface area contributed by atoms with Crippen LogP contribution in [0, 0.1) is 0 Å². The van der Waals surface area contributed by atoms with Gasteiger partial charge in [0, 0.05) is 39.8 Å². The smallest absolute Gasteiger partial charge is 0.101 e. The maximum atomic E-state index is 5.34. The van der Waals surface area contributed by atoms with Gasteiger partial charge in [0.1, 0.15) is 5.69 Å². The first-order chi connectivity index (χ1) is 21.8. The summed E-state index contributed by atoms with van der Waals surface area (Å²) in [6.07, 6.45) is 1.84. The van der Waals surface area contributed by atoms with Crippen LogP contribution in [-0.2, 0) is 0 Å². The lowest BCUT2D eigenvalue weighted by Gasteiger charge is -2.25. The van der Waals surface area contributed by atoms with Gasteiger partial charge in [-0.3, -0.25) is 4.98 Å². The molecule has 4 heteroatoms. The molecule has 5 aromatic carbocycles. The van der Waals surface area contributed by atoms with Crippen molar-refractivity contribution in [2.45, 2.75) is 0 Å². The van der Waals surface area contributed by atoms with E-state index in [2.05, 4.69) is 143 Å². The molecule has 0 amide bonds. The molecule has 8 rings (SSSR count). The Bertz CT molecular complexity index is 2150. The number of para-hydroxylation sites is 2. The number of hydrogen-bond donors (Lipinski definition) is 0. The molecule has 0 N–H and O–H groups in total. The van der Waals surface area contributed by atoms with Crippen LogP contribution in [0.3, 0.4) is 0 Å². The zero-order valence-electron chi connectivity index (χ0n) is 24.0. The van der Waals surface area contributed by atoms with Gasteiger partial charge in [0.15, 0.2) is 0 Å². The molecule has 0 unspecified atom stereocenters. The van der Waals surface area contributed by atoms with Crippen LogP contribution in [0.2, 0.25) is 0 Å². The van der Waals surface area contributed by atoms with Gasteiger partial charge in [-0.05, 0) is 65.5 Å². The van der Waals surface area contributed by atoms with E-state index in [0.717, 1.165) is 67.1 Å². The number of fused-ring (bicyclic) bond motifs is 3. The summed E-state index contributed by atoms with van der Waals surface area (Å²) in [5.74, 6) is 0. The predicted molar refractivity (Wildman–Crippen MR) is 181 cm³/mol. The molecule has 4 nitrogen and oxygen atoms in total. The third-order valence-electron chi connectivity index (χ3n) is 8.04. The van der Waals surface area contributed by atoms with Crippen LogP contribution in [0.4, 0.5) is 17.1 Å². The Hall–Kier alpha value is -6.00. The van der Waals surface area contributed by atoms with Crippen molar-refractivity contribution in [1.29, 1.82) is 0 Å². The quantitative estimate of drug-likeness (QED) is 0.201. The minimum atomic E-state index is 0.883. The highest BCUT2D eigenvalue weighted by molar-refractivity contribution is 6.08. The first-order valence-corrected chi connectivity index (χ1v) is 14.8. The molecule has 0 spiro atoms. The molecule has 208 valence electrons. The molecule has 0 atom stereocenters. The molecule has 0 bridgehead atoms. The summed E-state index contributed by atoms with van der Waals surface area (Å²) in [5, 5.41) is 7.65. The number of rotatable bonds is 6. The summed E-state index contributed by atoms with van der Waals surface area (Å²) in [7, 11) is 0. The van der Waals surface area contributed by atoms with Crippen molar-refractivity contribution in [2.24, 2.45) is 0 Å². The van der Waals surface area contributed by atoms with Crippen molar-refractivity contribution >= 4 is 33.4 Å². The Kier molecular flexibility index (Phi) is 6.43. The van der Waals surface area contributed by atoms with Gasteiger partial charge in [-0.1, -0.05) is 109 Å². The number of aromatic nitrogens is 3. The lowest BCUT2D eigenvalue weighted by Crippen LogP contribution is -2.09. The minimum absolute atomic E-state index is 0.883. The number of anilines is 3. The number of benzene rings is 5. The first-order valence-electron chi connectivity index (χ1n) is 14.8. The largest absolute Gasteiger partial charge is 0.311 e. The SMILES string of the molecule is c1ccc(-c2c(-c3ccc(N(c4ccccc4)c4ccccc4)cc3)nn3c(-c4ccccn4)cc4ccccc4c23)cc1. The van der Waals surface area contributed by atoms with Crippen LogP contribution in [0.1, 0.15) is 0 Å². The van der Waals surface area contributed by atoms with Gasteiger partial charge in [0.2, 0.25) is 0 Å². The van der Waals surface area contributed by atoms with E-state index >= 15 is 0 Å². The molecule has 0 aliphatic rings. The van der Waals surface area contributed by atoms with E-state index in [1.807, 2.05) is 36.5 Å². The van der Waals surface area contributed by atoms with E-state index in [1.165, 1.54) is 0 Å². The fourth-order valence-corrected chi connectivity index (χ4v) is 6.03. The number of nitrogens with zero attached hydrogens (tertiary/aromatic N) is 4. The van der Waals surface area contributed by atoms with E-state index < -0.39 is 0 Å². The standard InChI is InChI=1S/C40H28N4/c1-4-14-29(15-5-1)38-39(42-44-37(36-22-12-13-27-41-36)28-31-16-10-11-21-35(31)40(38)44)30-23-25-34(26-24-30)43(32-17-6-2-7-18-32)33-19-8-3-9-20-33/h1-28H. The lowest BCUT2D eigenvalue weighted by atomic mass is 9.97. The monoisotopic (exact) mass is 564 g/mol. The molecule has 44 heavy (non-hydrogen) atoms. The van der Waals surface area contributed by atoms with E-state index in [-0.39, 0.29) is 0 Å². The van der Waals surface area contributed by atoms with Crippen molar-refractivity contribution in [2.75, 3.05) is 4.90 Å². The molecule has 3 heterocycles. The average molecular weight is 565 g/mol. The van der Waals surface area contributed by atoms with Crippen LogP contribution in [0.25, 0.3) is 50.1 Å². The average Bonchev–Trinajstić information content (AvgIpc) is 3.51. The van der Waals surface area contributed by atoms with Crippen LogP contribution < -0.4 is 4.90 Å². The van der Waals surface area contributed by atoms with Crippen molar-refractivity contribution in [3.63, 3.8) is 0 Å². The zero-order chi connectivity index (χ0) is 29.3. The highest BCUT2D eigenvalue weighted by Gasteiger charge is 2.22. The van der Waals surface area contributed by atoms with E-state index in [0.29, 0.717) is 0 Å². The maximum absolute atomic E-state index is 5.34. The topological polar surface area (TPSA) is 33.4 Å². The molecule has 8 aromatic rings. The molecular formula is C40H28N4. The third-order valence-corrected chi connectivity index (χ3v) is 8.04. The Morgan fingerprint density at radius 2 is 1.09 bits per heavy atom. The van der Waals surface area contributed by atoms with E-state index in [1.54, 1.807) is 0 Å². The Morgan fingerprint density at radius 3 is 1.75 bits per heavy atom. The minimum Gasteiger partial charge on any atom is -0.311 e. The number of pyridine rings is 2. The van der Waals surface area contributed by atoms with Gasteiger partial charge in [-0.15, -0.1) is 0 Å². The second kappa shape index (κ2) is 11.0. The normalized spacial score (nSPS) is 11.2. The molecule has 0 saturated heterocycles. The van der Waals surface area contributed by atoms with Crippen LogP contribution in [0.15, 0.2) is 170 Å². The van der Waals surface area contributed by atoms with Crippen LogP contribution in [-0.4, -0.2) is 14.6 Å². The molecular weight excluding hydrogens is 536 g/mol. The van der Waals surface area contributed by atoms with Crippen molar-refractivity contribution in [3.8, 4) is 33.8 Å². The van der Waals surface area contributed by atoms with Gasteiger partial charge in [0.05, 0.1) is 16.9 Å². The van der Waals surface area contributed by atoms with Gasteiger partial charge in [0.25, 0.3) is 0 Å². The summed E-state index contributed by atoms with van der Waals surface area (Å²) < 4.78 is 2.08. The molecule has 3 aromatic heterocycles. The fraction of sp³-hybridized carbons (Fsp3) is 0. The first kappa shape index (κ1) is 25.7. The Labute approximate surface area is 256 Å². The zero-order valence-corrected chi connectivity index (χ0v) is 24.0. The predicted octanol–water partition coefficient (Wildman–Crippen LogP) is 10.4. The van der Waals surface area contributed by atoms with E-state index in [4.69, 9.17) is 10.1 Å². The van der Waals surface area contributed by atoms with Crippen LogP contribution in [0.5, 0.6) is 0 Å². The second-order valence-electron chi connectivity index (χ2n) is 10.7. The van der Waals surface area contributed by atoms with Gasteiger partial charge >= 0.3 is 0 Å². The highest BCUT2D eigenvalue weighted by atomic mass is 15.2. The van der Waals surface area contributed by atoms with Crippen LogP contribution >= 0.6 is 0 Å². The molecule has 0 aliphatic carbocycles. The van der Waals surface area contributed by atoms with Gasteiger partial charge in [-0.25, -0.2) is 4.52 Å². The van der Waals surface area contributed by atoms with Gasteiger partial charge < -0.3 is 4.90 Å². The molecule has 0 fully saturated rings. The number of hydrogen-bond acceptors (Lipinski definition) is 3. The lowest BCUT2D eigenvalue weighted by molar-refractivity contribution is 0.972. The van der Waals surface area contributed by atoms with Crippen molar-refractivity contribution in [3.05, 3.63) is 170 Å². The van der Waals surface area contributed by atoms with Gasteiger partial charge in [-0.2, -0.15) is 5.10 Å². The summed E-state index contributed by atoms with van der Waals surface area (Å²) in [6.45, 7) is 0. The highest BCUT2D eigenvalue weighted by Crippen LogP contribution is 2.42. The van der Waals surface area contributed by atoms with Crippen molar-refractivity contribution < 1.29 is 0 Å². The maximum Gasteiger partial charge on any atom is 0.101 e. The summed E-state index contributed by atoms with van der Waals surface area (Å²) >= 11 is 0. The van der Waals surface area contributed by atoms with E-state index in [9.17, 15) is 0 Å². The molecule has 0 aliphatic heterocycles. The second-order valence-corrected chi connectivity index (χ2v) is 10.7. The third kappa shape index (κ3) is 4.50. The summed E-state index contributed by atoms with van der Waals surface area (Å²) in [6, 6.07) is 57.0. The summed E-state index contributed by atoms with van der Waals surface area (Å²) in [4.78, 5) is 6.99.